The fourth-order valence-electron chi connectivity index (χ4n) is 1.39. The van der Waals surface area contributed by atoms with E-state index in [2.05, 4.69) is 5.10 Å². The first-order valence-corrected chi connectivity index (χ1v) is 4.18. The molecule has 78 valence electrons. The molecule has 0 aliphatic rings. The lowest BCUT2D eigenvalue weighted by Crippen LogP contribution is -2.40. The van der Waals surface area contributed by atoms with E-state index in [1.165, 1.54) is 20.2 Å². The van der Waals surface area contributed by atoms with Crippen molar-refractivity contribution in [3.8, 4) is 0 Å². The number of aromatic nitrogens is 4. The van der Waals surface area contributed by atoms with E-state index >= 15 is 0 Å². The van der Waals surface area contributed by atoms with Crippen LogP contribution in [0.4, 0.5) is 0 Å². The number of rotatable bonds is 0. The van der Waals surface area contributed by atoms with Gasteiger partial charge in [0, 0.05) is 25.3 Å². The van der Waals surface area contributed by atoms with Gasteiger partial charge < -0.3 is 5.21 Å². The highest BCUT2D eigenvalue weighted by atomic mass is 16.5. The smallest absolute Gasteiger partial charge is 0.332 e. The zero-order valence-electron chi connectivity index (χ0n) is 8.17. The third-order valence-corrected chi connectivity index (χ3v) is 2.23. The minimum Gasteiger partial charge on any atom is -0.594 e. The molecule has 0 saturated carbocycles. The van der Waals surface area contributed by atoms with Crippen molar-refractivity contribution in [2.75, 3.05) is 0 Å². The van der Waals surface area contributed by atoms with Crippen LogP contribution in [-0.2, 0) is 14.1 Å². The monoisotopic (exact) mass is 208 g/mol. The predicted molar refractivity (Wildman–Crippen MR) is 51.2 cm³/mol. The van der Waals surface area contributed by atoms with Gasteiger partial charge in [-0.25, -0.2) is 4.79 Å². The number of hydrogen-bond donors (Lipinski definition) is 0. The van der Waals surface area contributed by atoms with Crippen LogP contribution in [0.2, 0.25) is 0 Å². The van der Waals surface area contributed by atoms with E-state index in [0.29, 0.717) is 4.85 Å². The van der Waals surface area contributed by atoms with Crippen molar-refractivity contribution in [3.63, 3.8) is 0 Å². The van der Waals surface area contributed by atoms with Gasteiger partial charge >= 0.3 is 5.69 Å². The quantitative estimate of drug-likeness (QED) is 0.380. The van der Waals surface area contributed by atoms with Crippen molar-refractivity contribution in [1.82, 2.24) is 14.2 Å². The van der Waals surface area contributed by atoms with Gasteiger partial charge in [0.1, 0.15) is 0 Å². The summed E-state index contributed by atoms with van der Waals surface area (Å²) in [6.07, 6.45) is 1.12. The van der Waals surface area contributed by atoms with Crippen molar-refractivity contribution < 1.29 is 4.85 Å². The summed E-state index contributed by atoms with van der Waals surface area (Å²) >= 11 is 0. The van der Waals surface area contributed by atoms with Crippen molar-refractivity contribution in [1.29, 1.82) is 0 Å². The van der Waals surface area contributed by atoms with E-state index in [-0.39, 0.29) is 11.0 Å². The zero-order valence-corrected chi connectivity index (χ0v) is 8.17. The summed E-state index contributed by atoms with van der Waals surface area (Å²) in [5, 5.41) is 14.7. The van der Waals surface area contributed by atoms with Gasteiger partial charge in [0.25, 0.3) is 5.56 Å². The lowest BCUT2D eigenvalue weighted by molar-refractivity contribution is -0.666. The number of nitrogens with zero attached hydrogens (tertiary/aromatic N) is 4. The topological polar surface area (TPSA) is 83.8 Å². The van der Waals surface area contributed by atoms with Gasteiger partial charge in [-0.1, -0.05) is 4.85 Å². The molecule has 0 spiro atoms. The molecule has 0 amide bonds. The van der Waals surface area contributed by atoms with Crippen LogP contribution in [0.15, 0.2) is 21.9 Å². The third kappa shape index (κ3) is 1.20. The van der Waals surface area contributed by atoms with Crippen molar-refractivity contribution in [2.45, 2.75) is 0 Å². The Bertz CT molecular complexity index is 655. The first-order valence-electron chi connectivity index (χ1n) is 4.18. The van der Waals surface area contributed by atoms with Crippen LogP contribution in [-0.4, -0.2) is 14.2 Å². The van der Waals surface area contributed by atoms with Crippen LogP contribution in [0, 0.1) is 5.21 Å². The summed E-state index contributed by atoms with van der Waals surface area (Å²) in [5.41, 5.74) is -0.881. The van der Waals surface area contributed by atoms with Gasteiger partial charge in [-0.2, -0.15) is 0 Å². The maximum Gasteiger partial charge on any atom is 0.332 e. The molecule has 0 aromatic carbocycles. The van der Waals surface area contributed by atoms with Crippen LogP contribution in [0.3, 0.4) is 0 Å². The first kappa shape index (κ1) is 9.38. The minimum atomic E-state index is -0.508. The molecule has 0 radical (unpaired) electrons. The second-order valence-electron chi connectivity index (χ2n) is 3.16. The standard InChI is InChI=1S/C8H8N4O3/c1-10-6-5(3-4-12(15)9-6)7(13)11(2)8(10)14/h3-4H,1-2H3. The summed E-state index contributed by atoms with van der Waals surface area (Å²) in [4.78, 5) is 23.4. The average Bonchev–Trinajstić information content (AvgIpc) is 2.23. The number of aryl methyl sites for hydroxylation is 1. The summed E-state index contributed by atoms with van der Waals surface area (Å²) in [6, 6.07) is 1.34. The Hall–Kier alpha value is -2.18. The molecule has 0 aliphatic carbocycles. The van der Waals surface area contributed by atoms with Crippen LogP contribution < -0.4 is 16.1 Å². The Morgan fingerprint density at radius 1 is 1.33 bits per heavy atom. The van der Waals surface area contributed by atoms with E-state index in [1.54, 1.807) is 0 Å². The molecular formula is C8H8N4O3. The van der Waals surface area contributed by atoms with Gasteiger partial charge in [0.2, 0.25) is 11.8 Å². The molecule has 2 heterocycles. The summed E-state index contributed by atoms with van der Waals surface area (Å²) in [7, 11) is 2.83. The Kier molecular flexibility index (Phi) is 1.82. The fraction of sp³-hybridized carbons (Fsp3) is 0.250. The lowest BCUT2D eigenvalue weighted by Gasteiger charge is -2.04. The largest absolute Gasteiger partial charge is 0.594 e. The van der Waals surface area contributed by atoms with Gasteiger partial charge in [0.05, 0.1) is 5.39 Å². The molecule has 2 rings (SSSR count). The molecular weight excluding hydrogens is 200 g/mol. The van der Waals surface area contributed by atoms with Crippen molar-refractivity contribution >= 4 is 11.0 Å². The molecule has 0 fully saturated rings. The Morgan fingerprint density at radius 2 is 2.00 bits per heavy atom. The maximum absolute atomic E-state index is 11.6. The highest BCUT2D eigenvalue weighted by molar-refractivity contribution is 5.72. The van der Waals surface area contributed by atoms with Crippen molar-refractivity contribution in [3.05, 3.63) is 38.3 Å². The lowest BCUT2D eigenvalue weighted by atomic mass is 10.3. The van der Waals surface area contributed by atoms with E-state index in [0.717, 1.165) is 15.3 Å². The Labute approximate surface area is 83.4 Å². The van der Waals surface area contributed by atoms with Gasteiger partial charge in [-0.05, 0) is 0 Å². The third-order valence-electron chi connectivity index (χ3n) is 2.23. The normalized spacial score (nSPS) is 10.8. The molecule has 0 bridgehead atoms. The zero-order chi connectivity index (χ0) is 11.2. The SMILES string of the molecule is Cn1c(=O)c2cc[n+]([O-])nc2n(C)c1=O. The van der Waals surface area contributed by atoms with E-state index in [9.17, 15) is 14.8 Å². The molecule has 0 atom stereocenters. The van der Waals surface area contributed by atoms with Crippen LogP contribution in [0.5, 0.6) is 0 Å². The molecule has 7 nitrogen and oxygen atoms in total. The Balaban J connectivity index is 3.15. The van der Waals surface area contributed by atoms with Crippen LogP contribution in [0.25, 0.3) is 11.0 Å². The van der Waals surface area contributed by atoms with Gasteiger partial charge in [0.15, 0.2) is 0 Å². The molecule has 0 unspecified atom stereocenters. The molecule has 2 aromatic rings. The highest BCUT2D eigenvalue weighted by Gasteiger charge is 2.11. The summed E-state index contributed by atoms with van der Waals surface area (Å²) in [5.74, 6) is 0. The minimum absolute atomic E-state index is 0.0839. The van der Waals surface area contributed by atoms with Gasteiger partial charge in [-0.15, -0.1) is 0 Å². The van der Waals surface area contributed by atoms with E-state index in [4.69, 9.17) is 0 Å². The molecule has 2 aromatic heterocycles. The molecule has 0 aliphatic heterocycles. The summed E-state index contributed by atoms with van der Waals surface area (Å²) < 4.78 is 2.13. The van der Waals surface area contributed by atoms with Gasteiger partial charge in [-0.3, -0.25) is 13.9 Å². The fourth-order valence-corrected chi connectivity index (χ4v) is 1.39. The molecule has 0 saturated heterocycles. The molecule has 0 N–H and O–H groups in total. The molecule has 15 heavy (non-hydrogen) atoms. The van der Waals surface area contributed by atoms with Crippen LogP contribution >= 0.6 is 0 Å². The van der Waals surface area contributed by atoms with E-state index < -0.39 is 11.2 Å². The van der Waals surface area contributed by atoms with Crippen molar-refractivity contribution in [2.24, 2.45) is 14.1 Å². The first-order chi connectivity index (χ1) is 7.02. The predicted octanol–water partition coefficient (Wildman–Crippen LogP) is -1.73. The summed E-state index contributed by atoms with van der Waals surface area (Å²) in [6.45, 7) is 0. The second-order valence-corrected chi connectivity index (χ2v) is 3.16. The van der Waals surface area contributed by atoms with E-state index in [1.807, 2.05) is 0 Å². The number of fused-ring (bicyclic) bond motifs is 1. The number of hydrogen-bond acceptors (Lipinski definition) is 4. The molecule has 7 heteroatoms. The van der Waals surface area contributed by atoms with Crippen LogP contribution in [0.1, 0.15) is 0 Å². The highest BCUT2D eigenvalue weighted by Crippen LogP contribution is 1.98. The Morgan fingerprint density at radius 3 is 2.67 bits per heavy atom. The average molecular weight is 208 g/mol. The second kappa shape index (κ2) is 2.91. The maximum atomic E-state index is 11.6.